The molecule has 0 unspecified atom stereocenters. The maximum atomic E-state index is 11.0. The van der Waals surface area contributed by atoms with Crippen molar-refractivity contribution in [1.29, 1.82) is 0 Å². The van der Waals surface area contributed by atoms with Crippen LogP contribution < -0.4 is 4.74 Å². The third-order valence-electron chi connectivity index (χ3n) is 1.41. The van der Waals surface area contributed by atoms with Crippen LogP contribution in [0.2, 0.25) is 5.15 Å². The van der Waals surface area contributed by atoms with Gasteiger partial charge in [0.2, 0.25) is 5.88 Å². The molecule has 0 aromatic carbocycles. The fourth-order valence-electron chi connectivity index (χ4n) is 0.894. The smallest absolute Gasteiger partial charge is 0.264 e. The summed E-state index contributed by atoms with van der Waals surface area (Å²) in [6.07, 6.45) is -0.0629. The van der Waals surface area contributed by atoms with E-state index in [2.05, 4.69) is 4.98 Å². The fourth-order valence-corrected chi connectivity index (χ4v) is 2.31. The van der Waals surface area contributed by atoms with Crippen LogP contribution in [0.15, 0.2) is 17.0 Å². The lowest BCUT2D eigenvalue weighted by molar-refractivity contribution is 0.232. The highest BCUT2D eigenvalue weighted by Crippen LogP contribution is 2.25. The van der Waals surface area contributed by atoms with Gasteiger partial charge in [-0.1, -0.05) is 11.6 Å². The highest BCUT2D eigenvalue weighted by molar-refractivity contribution is 8.13. The number of hydrogen-bond donors (Lipinski definition) is 0. The lowest BCUT2D eigenvalue weighted by Crippen LogP contribution is -2.07. The molecule has 0 N–H and O–H groups in total. The molecular weight excluding hydrogens is 261 g/mol. The van der Waals surface area contributed by atoms with Gasteiger partial charge >= 0.3 is 0 Å². The van der Waals surface area contributed by atoms with Crippen LogP contribution in [0.25, 0.3) is 0 Å². The van der Waals surface area contributed by atoms with E-state index in [4.69, 9.17) is 27.0 Å². The summed E-state index contributed by atoms with van der Waals surface area (Å²) >= 11 is 5.64. The summed E-state index contributed by atoms with van der Waals surface area (Å²) in [6.45, 7) is 3.64. The molecule has 0 aliphatic heterocycles. The number of aromatic nitrogens is 1. The van der Waals surface area contributed by atoms with Crippen LogP contribution in [0.1, 0.15) is 13.8 Å². The molecule has 0 aliphatic carbocycles. The van der Waals surface area contributed by atoms with Crippen molar-refractivity contribution < 1.29 is 13.2 Å². The summed E-state index contributed by atoms with van der Waals surface area (Å²) in [7, 11) is 1.27. The van der Waals surface area contributed by atoms with Crippen molar-refractivity contribution in [2.24, 2.45) is 0 Å². The van der Waals surface area contributed by atoms with E-state index in [1.54, 1.807) is 0 Å². The summed E-state index contributed by atoms with van der Waals surface area (Å²) in [5.41, 5.74) is 0. The van der Waals surface area contributed by atoms with Crippen molar-refractivity contribution in [2.45, 2.75) is 24.8 Å². The number of hydrogen-bond acceptors (Lipinski definition) is 4. The third kappa shape index (κ3) is 3.52. The summed E-state index contributed by atoms with van der Waals surface area (Å²) in [6, 6.07) is 2.66. The Morgan fingerprint density at radius 1 is 1.40 bits per heavy atom. The van der Waals surface area contributed by atoms with Crippen molar-refractivity contribution >= 4 is 31.3 Å². The SMILES string of the molecule is CC(C)Oc1ccc(S(=O)(=O)Cl)c(Cl)n1. The maximum absolute atomic E-state index is 11.0. The Morgan fingerprint density at radius 2 is 2.00 bits per heavy atom. The first-order chi connectivity index (χ1) is 6.80. The maximum Gasteiger partial charge on any atom is 0.264 e. The zero-order valence-electron chi connectivity index (χ0n) is 8.07. The van der Waals surface area contributed by atoms with Crippen molar-refractivity contribution in [3.63, 3.8) is 0 Å². The summed E-state index contributed by atoms with van der Waals surface area (Å²) in [5, 5.41) is -0.192. The van der Waals surface area contributed by atoms with Crippen LogP contribution in [0, 0.1) is 0 Å². The molecule has 0 fully saturated rings. The number of ether oxygens (including phenoxy) is 1. The molecule has 15 heavy (non-hydrogen) atoms. The molecule has 0 aliphatic rings. The van der Waals surface area contributed by atoms with Crippen LogP contribution in [-0.2, 0) is 9.05 Å². The first kappa shape index (κ1) is 12.5. The van der Waals surface area contributed by atoms with Gasteiger partial charge in [-0.3, -0.25) is 0 Å². The van der Waals surface area contributed by atoms with E-state index in [0.29, 0.717) is 0 Å². The normalized spacial score (nSPS) is 11.8. The van der Waals surface area contributed by atoms with Crippen LogP contribution >= 0.6 is 22.3 Å². The average molecular weight is 270 g/mol. The van der Waals surface area contributed by atoms with Gasteiger partial charge in [-0.25, -0.2) is 13.4 Å². The number of halogens is 2. The lowest BCUT2D eigenvalue weighted by atomic mass is 10.4. The molecule has 1 aromatic rings. The van der Waals surface area contributed by atoms with Crippen molar-refractivity contribution in [1.82, 2.24) is 4.98 Å². The molecule has 0 saturated heterocycles. The van der Waals surface area contributed by atoms with E-state index in [1.807, 2.05) is 13.8 Å². The molecule has 0 radical (unpaired) electrons. The Morgan fingerprint density at radius 3 is 2.40 bits per heavy atom. The third-order valence-corrected chi connectivity index (χ3v) is 3.16. The van der Waals surface area contributed by atoms with E-state index >= 15 is 0 Å². The molecule has 1 aromatic heterocycles. The minimum atomic E-state index is -3.86. The minimum absolute atomic E-state index is 0.0629. The quantitative estimate of drug-likeness (QED) is 0.625. The van der Waals surface area contributed by atoms with Gasteiger partial charge in [-0.2, -0.15) is 0 Å². The van der Waals surface area contributed by atoms with E-state index in [-0.39, 0.29) is 22.0 Å². The highest BCUT2D eigenvalue weighted by atomic mass is 35.7. The molecule has 7 heteroatoms. The van der Waals surface area contributed by atoms with Gasteiger partial charge in [0.1, 0.15) is 4.90 Å². The zero-order valence-corrected chi connectivity index (χ0v) is 10.4. The fraction of sp³-hybridized carbons (Fsp3) is 0.375. The molecule has 0 saturated carbocycles. The van der Waals surface area contributed by atoms with Crippen LogP contribution in [0.3, 0.4) is 0 Å². The van der Waals surface area contributed by atoms with Crippen LogP contribution in [-0.4, -0.2) is 19.5 Å². The Hall–Kier alpha value is -0.520. The topological polar surface area (TPSA) is 56.3 Å². The van der Waals surface area contributed by atoms with Gasteiger partial charge in [0, 0.05) is 16.7 Å². The number of rotatable bonds is 3. The molecule has 0 atom stereocenters. The zero-order chi connectivity index (χ0) is 11.6. The average Bonchev–Trinajstić information content (AvgIpc) is 1.99. The Balaban J connectivity index is 3.09. The van der Waals surface area contributed by atoms with Crippen LogP contribution in [0.4, 0.5) is 0 Å². The molecule has 0 amide bonds. The molecule has 1 rings (SSSR count). The highest BCUT2D eigenvalue weighted by Gasteiger charge is 2.16. The monoisotopic (exact) mass is 269 g/mol. The summed E-state index contributed by atoms with van der Waals surface area (Å²) in [4.78, 5) is 3.54. The standard InChI is InChI=1S/C8H9Cl2NO3S/c1-5(2)14-7-4-3-6(8(9)11-7)15(10,12)13/h3-5H,1-2H3. The van der Waals surface area contributed by atoms with Crippen LogP contribution in [0.5, 0.6) is 5.88 Å². The molecule has 84 valence electrons. The minimum Gasteiger partial charge on any atom is -0.475 e. The number of pyridine rings is 1. The predicted octanol–water partition coefficient (Wildman–Crippen LogP) is 2.45. The van der Waals surface area contributed by atoms with E-state index in [0.717, 1.165) is 0 Å². The second-order valence-electron chi connectivity index (χ2n) is 3.04. The summed E-state index contributed by atoms with van der Waals surface area (Å²) < 4.78 is 27.2. The second-order valence-corrected chi connectivity index (χ2v) is 5.94. The van der Waals surface area contributed by atoms with Gasteiger partial charge in [0.25, 0.3) is 9.05 Å². The Kier molecular flexibility index (Phi) is 3.81. The first-order valence-corrected chi connectivity index (χ1v) is 6.77. The van der Waals surface area contributed by atoms with Gasteiger partial charge in [-0.05, 0) is 19.9 Å². The van der Waals surface area contributed by atoms with E-state index in [1.165, 1.54) is 12.1 Å². The molecule has 0 bridgehead atoms. The predicted molar refractivity (Wildman–Crippen MR) is 58.0 cm³/mol. The van der Waals surface area contributed by atoms with E-state index in [9.17, 15) is 8.42 Å². The second kappa shape index (κ2) is 4.55. The van der Waals surface area contributed by atoms with Gasteiger partial charge in [-0.15, -0.1) is 0 Å². The van der Waals surface area contributed by atoms with Crippen molar-refractivity contribution in [2.75, 3.05) is 0 Å². The lowest BCUT2D eigenvalue weighted by Gasteiger charge is -2.09. The Bertz CT molecular complexity index is 459. The molecular formula is C8H9Cl2NO3S. The van der Waals surface area contributed by atoms with Gasteiger partial charge in [0.15, 0.2) is 5.15 Å². The molecule has 0 spiro atoms. The molecule has 1 heterocycles. The van der Waals surface area contributed by atoms with Crippen molar-refractivity contribution in [3.05, 3.63) is 17.3 Å². The summed E-state index contributed by atoms with van der Waals surface area (Å²) in [5.74, 6) is 0.263. The van der Waals surface area contributed by atoms with E-state index < -0.39 is 9.05 Å². The number of nitrogens with zero attached hydrogens (tertiary/aromatic N) is 1. The van der Waals surface area contributed by atoms with Gasteiger partial charge < -0.3 is 4.74 Å². The van der Waals surface area contributed by atoms with Gasteiger partial charge in [0.05, 0.1) is 6.10 Å². The largest absolute Gasteiger partial charge is 0.475 e. The molecule has 4 nitrogen and oxygen atoms in total. The Labute approximate surface area is 97.6 Å². The van der Waals surface area contributed by atoms with Crippen molar-refractivity contribution in [3.8, 4) is 5.88 Å². The first-order valence-electron chi connectivity index (χ1n) is 4.08.